The summed E-state index contributed by atoms with van der Waals surface area (Å²) in [6.45, 7) is 2.70. The highest BCUT2D eigenvalue weighted by molar-refractivity contribution is 9.10. The molecule has 0 radical (unpaired) electrons. The number of rotatable bonds is 6. The smallest absolute Gasteiger partial charge is 0.270 e. The monoisotopic (exact) mass is 348 g/mol. The van der Waals surface area contributed by atoms with Gasteiger partial charge >= 0.3 is 0 Å². The molecule has 0 aromatic heterocycles. The van der Waals surface area contributed by atoms with Crippen LogP contribution >= 0.6 is 15.9 Å². The molecule has 0 aliphatic rings. The van der Waals surface area contributed by atoms with E-state index in [0.717, 1.165) is 28.6 Å². The second-order valence-electron chi connectivity index (χ2n) is 4.84. The maximum Gasteiger partial charge on any atom is 0.270 e. The first kappa shape index (κ1) is 15.5. The Hall–Kier alpha value is -1.88. The Bertz CT molecular complexity index is 644. The van der Waals surface area contributed by atoms with Crippen LogP contribution in [-0.2, 0) is 13.0 Å². The molecule has 21 heavy (non-hydrogen) atoms. The van der Waals surface area contributed by atoms with Gasteiger partial charge in [0.1, 0.15) is 0 Å². The van der Waals surface area contributed by atoms with Gasteiger partial charge in [0, 0.05) is 28.8 Å². The molecular weight excluding hydrogens is 332 g/mol. The first-order chi connectivity index (χ1) is 10.1. The summed E-state index contributed by atoms with van der Waals surface area (Å²) in [5, 5.41) is 14.2. The largest absolute Gasteiger partial charge is 0.381 e. The average molecular weight is 349 g/mol. The fourth-order valence-electron chi connectivity index (χ4n) is 2.22. The van der Waals surface area contributed by atoms with Gasteiger partial charge in [-0.25, -0.2) is 0 Å². The number of nitro benzene ring substituents is 1. The minimum absolute atomic E-state index is 0.100. The number of hydrogen-bond donors (Lipinski definition) is 1. The van der Waals surface area contributed by atoms with Gasteiger partial charge in [-0.2, -0.15) is 0 Å². The Morgan fingerprint density at radius 2 is 2.00 bits per heavy atom. The van der Waals surface area contributed by atoms with Crippen molar-refractivity contribution in [3.8, 4) is 0 Å². The van der Waals surface area contributed by atoms with Crippen molar-refractivity contribution >= 4 is 27.3 Å². The first-order valence-corrected chi connectivity index (χ1v) is 7.65. The lowest BCUT2D eigenvalue weighted by Crippen LogP contribution is -2.03. The molecule has 5 heteroatoms. The Morgan fingerprint density at radius 3 is 2.71 bits per heavy atom. The van der Waals surface area contributed by atoms with Crippen LogP contribution in [0.25, 0.3) is 0 Å². The van der Waals surface area contributed by atoms with Gasteiger partial charge in [-0.15, -0.1) is 0 Å². The normalized spacial score (nSPS) is 10.4. The minimum atomic E-state index is -0.376. The molecular formula is C16H17BrN2O2. The summed E-state index contributed by atoms with van der Waals surface area (Å²) < 4.78 is 0.718. The highest BCUT2D eigenvalue weighted by Crippen LogP contribution is 2.23. The summed E-state index contributed by atoms with van der Waals surface area (Å²) in [4.78, 5) is 10.5. The zero-order chi connectivity index (χ0) is 15.2. The maximum atomic E-state index is 10.9. The number of nitrogens with zero attached hydrogens (tertiary/aromatic N) is 1. The number of aryl methyl sites for hydroxylation is 1. The van der Waals surface area contributed by atoms with Gasteiger partial charge in [-0.1, -0.05) is 47.5 Å². The number of anilines is 1. The van der Waals surface area contributed by atoms with Crippen molar-refractivity contribution in [2.24, 2.45) is 0 Å². The fraction of sp³-hybridized carbons (Fsp3) is 0.250. The topological polar surface area (TPSA) is 55.2 Å². The van der Waals surface area contributed by atoms with E-state index in [9.17, 15) is 10.1 Å². The number of hydrogen-bond acceptors (Lipinski definition) is 3. The van der Waals surface area contributed by atoms with Crippen LogP contribution in [0.4, 0.5) is 11.4 Å². The third kappa shape index (κ3) is 4.29. The Balaban J connectivity index is 2.15. The lowest BCUT2D eigenvalue weighted by molar-refractivity contribution is -0.385. The van der Waals surface area contributed by atoms with Crippen LogP contribution < -0.4 is 5.32 Å². The summed E-state index contributed by atoms with van der Waals surface area (Å²) >= 11 is 3.31. The highest BCUT2D eigenvalue weighted by atomic mass is 79.9. The summed E-state index contributed by atoms with van der Waals surface area (Å²) in [5.41, 5.74) is 3.33. The van der Waals surface area contributed by atoms with Crippen LogP contribution in [-0.4, -0.2) is 4.92 Å². The van der Waals surface area contributed by atoms with Crippen molar-refractivity contribution in [3.05, 3.63) is 68.2 Å². The summed E-state index contributed by atoms with van der Waals surface area (Å²) in [7, 11) is 0. The Labute approximate surface area is 132 Å². The molecule has 2 aromatic rings. The minimum Gasteiger partial charge on any atom is -0.381 e. The van der Waals surface area contributed by atoms with Crippen LogP contribution in [0.2, 0.25) is 0 Å². The van der Waals surface area contributed by atoms with E-state index in [1.165, 1.54) is 11.6 Å². The van der Waals surface area contributed by atoms with Gasteiger partial charge in [-0.3, -0.25) is 10.1 Å². The van der Waals surface area contributed by atoms with E-state index < -0.39 is 0 Å². The van der Waals surface area contributed by atoms with Crippen LogP contribution in [0.15, 0.2) is 46.9 Å². The molecule has 110 valence electrons. The predicted octanol–water partition coefficient (Wildman–Crippen LogP) is 4.92. The van der Waals surface area contributed by atoms with Gasteiger partial charge in [0.15, 0.2) is 0 Å². The average Bonchev–Trinajstić information content (AvgIpc) is 2.46. The number of nitrogens with one attached hydrogen (secondary N) is 1. The zero-order valence-corrected chi connectivity index (χ0v) is 13.4. The van der Waals surface area contributed by atoms with Crippen molar-refractivity contribution in [1.82, 2.24) is 0 Å². The second kappa shape index (κ2) is 7.22. The van der Waals surface area contributed by atoms with E-state index in [0.29, 0.717) is 6.54 Å². The number of non-ortho nitro benzene ring substituents is 1. The molecule has 0 aliphatic carbocycles. The fourth-order valence-corrected chi connectivity index (χ4v) is 2.75. The summed E-state index contributed by atoms with van der Waals surface area (Å²) in [5.74, 6) is 0. The van der Waals surface area contributed by atoms with Gasteiger partial charge in [0.05, 0.1) is 4.92 Å². The lowest BCUT2D eigenvalue weighted by Gasteiger charge is -2.11. The van der Waals surface area contributed by atoms with E-state index >= 15 is 0 Å². The second-order valence-corrected chi connectivity index (χ2v) is 5.75. The number of halogens is 1. The van der Waals surface area contributed by atoms with Gasteiger partial charge in [0.25, 0.3) is 5.69 Å². The number of nitro groups is 1. The standard InChI is InChI=1S/C16H17BrN2O2/c1-2-5-13-6-3-4-7-16(13)18-11-12-8-14(17)10-15(9-12)19(20)21/h3-4,6-10,18H,2,5,11H2,1H3. The Kier molecular flexibility index (Phi) is 5.33. The zero-order valence-electron chi connectivity index (χ0n) is 11.8. The number of benzene rings is 2. The molecule has 2 rings (SSSR count). The molecule has 0 heterocycles. The summed E-state index contributed by atoms with van der Waals surface area (Å²) in [6.07, 6.45) is 2.10. The molecule has 0 spiro atoms. The summed E-state index contributed by atoms with van der Waals surface area (Å²) in [6, 6.07) is 13.2. The third-order valence-corrected chi connectivity index (χ3v) is 3.63. The highest BCUT2D eigenvalue weighted by Gasteiger charge is 2.09. The van der Waals surface area contributed by atoms with Gasteiger partial charge in [0.2, 0.25) is 0 Å². The Morgan fingerprint density at radius 1 is 1.24 bits per heavy atom. The molecule has 0 aliphatic heterocycles. The van der Waals surface area contributed by atoms with Crippen molar-refractivity contribution in [2.45, 2.75) is 26.3 Å². The quantitative estimate of drug-likeness (QED) is 0.595. The molecule has 1 N–H and O–H groups in total. The van der Waals surface area contributed by atoms with E-state index in [2.05, 4.69) is 34.2 Å². The van der Waals surface area contributed by atoms with E-state index in [-0.39, 0.29) is 10.6 Å². The van der Waals surface area contributed by atoms with Crippen LogP contribution in [0, 0.1) is 10.1 Å². The molecule has 0 unspecified atom stereocenters. The van der Waals surface area contributed by atoms with E-state index in [4.69, 9.17) is 0 Å². The van der Waals surface area contributed by atoms with E-state index in [1.807, 2.05) is 24.3 Å². The first-order valence-electron chi connectivity index (χ1n) is 6.85. The molecule has 0 atom stereocenters. The van der Waals surface area contributed by atoms with E-state index in [1.54, 1.807) is 6.07 Å². The molecule has 2 aromatic carbocycles. The maximum absolute atomic E-state index is 10.9. The lowest BCUT2D eigenvalue weighted by atomic mass is 10.1. The van der Waals surface area contributed by atoms with Crippen molar-refractivity contribution in [3.63, 3.8) is 0 Å². The van der Waals surface area contributed by atoms with Gasteiger partial charge < -0.3 is 5.32 Å². The third-order valence-electron chi connectivity index (χ3n) is 3.17. The number of para-hydroxylation sites is 1. The van der Waals surface area contributed by atoms with Crippen LogP contribution in [0.3, 0.4) is 0 Å². The molecule has 0 saturated carbocycles. The van der Waals surface area contributed by atoms with Gasteiger partial charge in [-0.05, 0) is 29.7 Å². The molecule has 4 nitrogen and oxygen atoms in total. The SMILES string of the molecule is CCCc1ccccc1NCc1cc(Br)cc([N+](=O)[O-])c1. The molecule has 0 saturated heterocycles. The molecule has 0 amide bonds. The van der Waals surface area contributed by atoms with Crippen LogP contribution in [0.5, 0.6) is 0 Å². The molecule has 0 bridgehead atoms. The van der Waals surface area contributed by atoms with Crippen molar-refractivity contribution in [2.75, 3.05) is 5.32 Å². The van der Waals surface area contributed by atoms with Crippen molar-refractivity contribution < 1.29 is 4.92 Å². The predicted molar refractivity (Wildman–Crippen MR) is 88.6 cm³/mol. The van der Waals surface area contributed by atoms with Crippen LogP contribution in [0.1, 0.15) is 24.5 Å². The molecule has 0 fully saturated rings. The van der Waals surface area contributed by atoms with Crippen molar-refractivity contribution in [1.29, 1.82) is 0 Å².